The maximum atomic E-state index is 13.8. The molecule has 116 valence electrons. The van der Waals surface area contributed by atoms with Gasteiger partial charge in [-0.05, 0) is 37.5 Å². The second-order valence-electron chi connectivity index (χ2n) is 5.17. The molecule has 8 heteroatoms. The summed E-state index contributed by atoms with van der Waals surface area (Å²) in [6.45, 7) is 0.907. The quantitative estimate of drug-likeness (QED) is 0.825. The zero-order valence-corrected chi connectivity index (χ0v) is 12.3. The van der Waals surface area contributed by atoms with Gasteiger partial charge in [0.15, 0.2) is 0 Å². The summed E-state index contributed by atoms with van der Waals surface area (Å²) < 4.78 is 36.4. The van der Waals surface area contributed by atoms with Crippen LogP contribution in [0.5, 0.6) is 0 Å². The third-order valence-corrected chi connectivity index (χ3v) is 4.47. The lowest BCUT2D eigenvalue weighted by atomic mass is 10.1. The molecule has 1 aromatic carbocycles. The summed E-state index contributed by atoms with van der Waals surface area (Å²) in [4.78, 5) is 13.6. The molecule has 1 atom stereocenters. The average molecular weight is 315 g/mol. The summed E-state index contributed by atoms with van der Waals surface area (Å²) in [5, 5.41) is 5.01. The Bertz CT molecular complexity index is 648. The molecule has 1 amide bonds. The standard InChI is InChI=1S/C13H18FN3O3S/c14-12-4-3-10(21(16,19)20)8-11(12)13(18)17-6-1-2-9(15)5-7-17/h3-4,8-9H,1-2,5-7,15H2,(H2,16,19,20)/t9-/m1/s1. The second kappa shape index (κ2) is 6.08. The van der Waals surface area contributed by atoms with Crippen LogP contribution in [0, 0.1) is 5.82 Å². The molecule has 1 aliphatic heterocycles. The number of primary sulfonamides is 1. The fourth-order valence-electron chi connectivity index (χ4n) is 2.34. The maximum Gasteiger partial charge on any atom is 0.256 e. The van der Waals surface area contributed by atoms with Gasteiger partial charge in [-0.25, -0.2) is 17.9 Å². The van der Waals surface area contributed by atoms with Gasteiger partial charge in [0.25, 0.3) is 5.91 Å². The molecule has 4 N–H and O–H groups in total. The lowest BCUT2D eigenvalue weighted by molar-refractivity contribution is 0.0756. The van der Waals surface area contributed by atoms with Crippen LogP contribution in [0.15, 0.2) is 23.1 Å². The van der Waals surface area contributed by atoms with Crippen molar-refractivity contribution < 1.29 is 17.6 Å². The van der Waals surface area contributed by atoms with Crippen LogP contribution in [-0.4, -0.2) is 38.4 Å². The molecule has 1 aromatic rings. The van der Waals surface area contributed by atoms with Crippen LogP contribution in [0.25, 0.3) is 0 Å². The number of nitrogens with zero attached hydrogens (tertiary/aromatic N) is 1. The van der Waals surface area contributed by atoms with E-state index < -0.39 is 21.7 Å². The van der Waals surface area contributed by atoms with Gasteiger partial charge in [-0.3, -0.25) is 4.79 Å². The average Bonchev–Trinajstić information content (AvgIpc) is 2.62. The molecule has 0 unspecified atom stereocenters. The molecule has 0 bridgehead atoms. The molecule has 1 saturated heterocycles. The van der Waals surface area contributed by atoms with Crippen molar-refractivity contribution in [3.05, 3.63) is 29.6 Å². The molecule has 6 nitrogen and oxygen atoms in total. The van der Waals surface area contributed by atoms with E-state index in [9.17, 15) is 17.6 Å². The topological polar surface area (TPSA) is 106 Å². The first-order valence-corrected chi connectivity index (χ1v) is 8.21. The van der Waals surface area contributed by atoms with Crippen molar-refractivity contribution >= 4 is 15.9 Å². The molecule has 21 heavy (non-hydrogen) atoms. The van der Waals surface area contributed by atoms with Crippen LogP contribution in [0.3, 0.4) is 0 Å². The molecule has 1 heterocycles. The first-order chi connectivity index (χ1) is 9.79. The highest BCUT2D eigenvalue weighted by molar-refractivity contribution is 7.89. The Morgan fingerprint density at radius 3 is 2.67 bits per heavy atom. The van der Waals surface area contributed by atoms with E-state index in [4.69, 9.17) is 10.9 Å². The van der Waals surface area contributed by atoms with Crippen molar-refractivity contribution in [3.63, 3.8) is 0 Å². The number of sulfonamides is 1. The zero-order chi connectivity index (χ0) is 15.6. The van der Waals surface area contributed by atoms with E-state index in [1.807, 2.05) is 0 Å². The number of likely N-dealkylation sites (tertiary alicyclic amines) is 1. The summed E-state index contributed by atoms with van der Waals surface area (Å²) >= 11 is 0. The van der Waals surface area contributed by atoms with Crippen LogP contribution in [-0.2, 0) is 10.0 Å². The van der Waals surface area contributed by atoms with E-state index in [0.29, 0.717) is 19.5 Å². The Hall–Kier alpha value is -1.51. The van der Waals surface area contributed by atoms with Gasteiger partial charge in [0.1, 0.15) is 5.82 Å². The number of amides is 1. The number of nitrogens with two attached hydrogens (primary N) is 2. The summed E-state index contributed by atoms with van der Waals surface area (Å²) in [6.07, 6.45) is 2.19. The first kappa shape index (κ1) is 15.9. The van der Waals surface area contributed by atoms with Crippen molar-refractivity contribution in [2.45, 2.75) is 30.2 Å². The Balaban J connectivity index is 2.30. The lowest BCUT2D eigenvalue weighted by Gasteiger charge is -2.21. The van der Waals surface area contributed by atoms with Gasteiger partial charge in [-0.1, -0.05) is 0 Å². The van der Waals surface area contributed by atoms with E-state index in [2.05, 4.69) is 0 Å². The second-order valence-corrected chi connectivity index (χ2v) is 6.73. The molecule has 0 aliphatic carbocycles. The van der Waals surface area contributed by atoms with Gasteiger partial charge in [0.2, 0.25) is 10.0 Å². The summed E-state index contributed by atoms with van der Waals surface area (Å²) in [6, 6.07) is 3.00. The minimum atomic E-state index is -3.98. The molecule has 0 spiro atoms. The van der Waals surface area contributed by atoms with E-state index in [1.54, 1.807) is 0 Å². The SMILES string of the molecule is N[C@@H]1CCCN(C(=O)c2cc(S(N)(=O)=O)ccc2F)CC1. The van der Waals surface area contributed by atoms with Crippen LogP contribution >= 0.6 is 0 Å². The van der Waals surface area contributed by atoms with Crippen LogP contribution in [0.1, 0.15) is 29.6 Å². The number of benzene rings is 1. The molecule has 1 aliphatic rings. The minimum Gasteiger partial charge on any atom is -0.338 e. The summed E-state index contributed by atoms with van der Waals surface area (Å²) in [7, 11) is -3.98. The first-order valence-electron chi connectivity index (χ1n) is 6.66. The van der Waals surface area contributed by atoms with Crippen molar-refractivity contribution in [2.75, 3.05) is 13.1 Å². The Morgan fingerprint density at radius 1 is 1.29 bits per heavy atom. The molecule has 0 aromatic heterocycles. The third-order valence-electron chi connectivity index (χ3n) is 3.56. The Morgan fingerprint density at radius 2 is 2.00 bits per heavy atom. The monoisotopic (exact) mass is 315 g/mol. The smallest absolute Gasteiger partial charge is 0.256 e. The third kappa shape index (κ3) is 3.78. The highest BCUT2D eigenvalue weighted by Gasteiger charge is 2.23. The fourth-order valence-corrected chi connectivity index (χ4v) is 2.88. The van der Waals surface area contributed by atoms with Crippen molar-refractivity contribution in [1.82, 2.24) is 4.90 Å². The Labute approximate surface area is 123 Å². The van der Waals surface area contributed by atoms with Crippen molar-refractivity contribution in [1.29, 1.82) is 0 Å². The molecular formula is C13H18FN3O3S. The van der Waals surface area contributed by atoms with Gasteiger partial charge in [-0.15, -0.1) is 0 Å². The molecule has 2 rings (SSSR count). The van der Waals surface area contributed by atoms with Gasteiger partial charge < -0.3 is 10.6 Å². The van der Waals surface area contributed by atoms with E-state index >= 15 is 0 Å². The number of carbonyl (C=O) groups is 1. The number of hydrogen-bond acceptors (Lipinski definition) is 4. The van der Waals surface area contributed by atoms with E-state index in [1.165, 1.54) is 4.90 Å². The fraction of sp³-hybridized carbons (Fsp3) is 0.462. The molecular weight excluding hydrogens is 297 g/mol. The molecule has 0 saturated carbocycles. The van der Waals surface area contributed by atoms with Gasteiger partial charge in [-0.2, -0.15) is 0 Å². The van der Waals surface area contributed by atoms with Crippen LogP contribution in [0.4, 0.5) is 4.39 Å². The predicted molar refractivity (Wildman–Crippen MR) is 75.5 cm³/mol. The highest BCUT2D eigenvalue weighted by atomic mass is 32.2. The molecule has 0 radical (unpaired) electrons. The van der Waals surface area contributed by atoms with E-state index in [0.717, 1.165) is 31.0 Å². The highest BCUT2D eigenvalue weighted by Crippen LogP contribution is 2.18. The number of rotatable bonds is 2. The Kier molecular flexibility index (Phi) is 4.60. The largest absolute Gasteiger partial charge is 0.338 e. The normalized spacial score (nSPS) is 20.1. The van der Waals surface area contributed by atoms with Gasteiger partial charge in [0, 0.05) is 19.1 Å². The summed E-state index contributed by atoms with van der Waals surface area (Å²) in [5.74, 6) is -1.30. The number of hydrogen-bond donors (Lipinski definition) is 2. The van der Waals surface area contributed by atoms with Crippen molar-refractivity contribution in [3.8, 4) is 0 Å². The lowest BCUT2D eigenvalue weighted by Crippen LogP contribution is -2.33. The molecule has 1 fully saturated rings. The van der Waals surface area contributed by atoms with Crippen LogP contribution < -0.4 is 10.9 Å². The van der Waals surface area contributed by atoms with Gasteiger partial charge >= 0.3 is 0 Å². The minimum absolute atomic E-state index is 0.0309. The maximum absolute atomic E-state index is 13.8. The van der Waals surface area contributed by atoms with Crippen LogP contribution in [0.2, 0.25) is 0 Å². The zero-order valence-electron chi connectivity index (χ0n) is 11.5. The van der Waals surface area contributed by atoms with Gasteiger partial charge in [0.05, 0.1) is 10.5 Å². The number of halogens is 1. The summed E-state index contributed by atoms with van der Waals surface area (Å²) in [5.41, 5.74) is 5.56. The van der Waals surface area contributed by atoms with E-state index in [-0.39, 0.29) is 16.5 Å². The number of carbonyl (C=O) groups excluding carboxylic acids is 1. The van der Waals surface area contributed by atoms with Crippen molar-refractivity contribution in [2.24, 2.45) is 10.9 Å². The predicted octanol–water partition coefficient (Wildman–Crippen LogP) is 0.427.